The molecule has 0 spiro atoms. The van der Waals surface area contributed by atoms with Crippen LogP contribution in [0.3, 0.4) is 0 Å². The lowest BCUT2D eigenvalue weighted by molar-refractivity contribution is -0.136. The Labute approximate surface area is 181 Å². The standard InChI is InChI=1S/C21H26N2O7S/c1-4-23(17-9-10-31(26,27)13-17)20(24)12-29-21(25)16-5-7-18(8-6-16)28-11-19-14(2)22-30-15(19)3/h5-8,17H,4,9-13H2,1-3H3. The normalized spacial score (nSPS) is 17.3. The van der Waals surface area contributed by atoms with E-state index < -0.39 is 28.3 Å². The number of aromatic nitrogens is 1. The summed E-state index contributed by atoms with van der Waals surface area (Å²) in [5.74, 6) is 0.242. The average Bonchev–Trinajstić information content (AvgIpc) is 3.26. The molecule has 1 aliphatic heterocycles. The molecule has 0 saturated carbocycles. The number of rotatable bonds is 8. The lowest BCUT2D eigenvalue weighted by atomic mass is 10.2. The van der Waals surface area contributed by atoms with Crippen molar-refractivity contribution in [3.63, 3.8) is 0 Å². The molecule has 1 aromatic carbocycles. The second-order valence-electron chi connectivity index (χ2n) is 7.43. The number of esters is 1. The number of hydrogen-bond acceptors (Lipinski definition) is 8. The number of carbonyl (C=O) groups is 2. The summed E-state index contributed by atoms with van der Waals surface area (Å²) in [4.78, 5) is 26.2. The van der Waals surface area contributed by atoms with Crippen LogP contribution in [-0.4, -0.2) is 61.1 Å². The van der Waals surface area contributed by atoms with Gasteiger partial charge in [0.2, 0.25) is 0 Å². The molecule has 2 aromatic rings. The zero-order chi connectivity index (χ0) is 22.6. The zero-order valence-electron chi connectivity index (χ0n) is 17.8. The zero-order valence-corrected chi connectivity index (χ0v) is 18.6. The molecule has 9 nitrogen and oxygen atoms in total. The van der Waals surface area contributed by atoms with E-state index in [1.807, 2.05) is 13.8 Å². The van der Waals surface area contributed by atoms with E-state index in [2.05, 4.69) is 5.16 Å². The van der Waals surface area contributed by atoms with Gasteiger partial charge in [-0.15, -0.1) is 0 Å². The Kier molecular flexibility index (Phi) is 6.99. The number of benzene rings is 1. The Hall–Kier alpha value is -2.88. The van der Waals surface area contributed by atoms with Crippen molar-refractivity contribution in [2.75, 3.05) is 24.7 Å². The van der Waals surface area contributed by atoms with Gasteiger partial charge in [0, 0.05) is 12.6 Å². The molecule has 1 amide bonds. The highest BCUT2D eigenvalue weighted by molar-refractivity contribution is 7.91. The number of carbonyl (C=O) groups excluding carboxylic acids is 2. The van der Waals surface area contributed by atoms with Crippen molar-refractivity contribution >= 4 is 21.7 Å². The second kappa shape index (κ2) is 9.51. The summed E-state index contributed by atoms with van der Waals surface area (Å²) in [6.07, 6.45) is 0.408. The Morgan fingerprint density at radius 1 is 1.23 bits per heavy atom. The minimum atomic E-state index is -3.11. The van der Waals surface area contributed by atoms with E-state index in [1.54, 1.807) is 31.2 Å². The number of hydrogen-bond donors (Lipinski definition) is 0. The number of amides is 1. The summed E-state index contributed by atoms with van der Waals surface area (Å²) < 4.78 is 39.3. The fourth-order valence-electron chi connectivity index (χ4n) is 3.50. The molecule has 0 N–H and O–H groups in total. The van der Waals surface area contributed by atoms with Crippen LogP contribution in [0.5, 0.6) is 5.75 Å². The summed E-state index contributed by atoms with van der Waals surface area (Å²) in [7, 11) is -3.11. The predicted octanol–water partition coefficient (Wildman–Crippen LogP) is 2.06. The highest BCUT2D eigenvalue weighted by Crippen LogP contribution is 2.19. The minimum absolute atomic E-state index is 0.0457. The maximum absolute atomic E-state index is 12.4. The first-order valence-corrected chi connectivity index (χ1v) is 11.8. The second-order valence-corrected chi connectivity index (χ2v) is 9.66. The third-order valence-corrected chi connectivity index (χ3v) is 7.04. The first-order valence-electron chi connectivity index (χ1n) is 10.0. The largest absolute Gasteiger partial charge is 0.489 e. The molecule has 1 atom stereocenters. The number of sulfone groups is 1. The molecule has 0 radical (unpaired) electrons. The molecule has 2 heterocycles. The maximum atomic E-state index is 12.4. The topological polar surface area (TPSA) is 116 Å². The van der Waals surface area contributed by atoms with Crippen LogP contribution in [-0.2, 0) is 26.0 Å². The van der Waals surface area contributed by atoms with E-state index in [-0.39, 0.29) is 23.1 Å². The van der Waals surface area contributed by atoms with E-state index in [9.17, 15) is 18.0 Å². The monoisotopic (exact) mass is 450 g/mol. The summed E-state index contributed by atoms with van der Waals surface area (Å²) in [6.45, 7) is 5.63. The minimum Gasteiger partial charge on any atom is -0.489 e. The van der Waals surface area contributed by atoms with Gasteiger partial charge in [-0.1, -0.05) is 5.16 Å². The van der Waals surface area contributed by atoms with Crippen LogP contribution in [0.4, 0.5) is 0 Å². The van der Waals surface area contributed by atoms with Crippen LogP contribution in [0.1, 0.15) is 40.7 Å². The average molecular weight is 451 g/mol. The predicted molar refractivity (Wildman–Crippen MR) is 111 cm³/mol. The number of aryl methyl sites for hydroxylation is 2. The molecule has 1 fully saturated rings. The van der Waals surface area contributed by atoms with Crippen LogP contribution in [0, 0.1) is 13.8 Å². The van der Waals surface area contributed by atoms with Crippen molar-refractivity contribution in [3.05, 3.63) is 46.8 Å². The van der Waals surface area contributed by atoms with E-state index in [0.29, 0.717) is 31.1 Å². The van der Waals surface area contributed by atoms with Gasteiger partial charge in [-0.25, -0.2) is 13.2 Å². The van der Waals surface area contributed by atoms with Crippen molar-refractivity contribution in [2.24, 2.45) is 0 Å². The van der Waals surface area contributed by atoms with Crippen LogP contribution < -0.4 is 4.74 Å². The van der Waals surface area contributed by atoms with Crippen molar-refractivity contribution in [3.8, 4) is 5.75 Å². The Balaban J connectivity index is 1.51. The van der Waals surface area contributed by atoms with Crippen LogP contribution >= 0.6 is 0 Å². The van der Waals surface area contributed by atoms with Gasteiger partial charge in [0.1, 0.15) is 18.1 Å². The van der Waals surface area contributed by atoms with E-state index in [0.717, 1.165) is 11.3 Å². The third-order valence-electron chi connectivity index (χ3n) is 5.29. The Morgan fingerprint density at radius 2 is 1.94 bits per heavy atom. The lowest BCUT2D eigenvalue weighted by Gasteiger charge is -2.26. The lowest BCUT2D eigenvalue weighted by Crippen LogP contribution is -2.43. The molecule has 0 bridgehead atoms. The smallest absolute Gasteiger partial charge is 0.338 e. The maximum Gasteiger partial charge on any atom is 0.338 e. The van der Waals surface area contributed by atoms with E-state index >= 15 is 0 Å². The quantitative estimate of drug-likeness (QED) is 0.561. The van der Waals surface area contributed by atoms with Gasteiger partial charge >= 0.3 is 5.97 Å². The number of likely N-dealkylation sites (N-methyl/N-ethyl adjacent to an activating group) is 1. The molecule has 0 aliphatic carbocycles. The van der Waals surface area contributed by atoms with Crippen molar-refractivity contribution < 1.29 is 32.0 Å². The van der Waals surface area contributed by atoms with Crippen molar-refractivity contribution in [2.45, 2.75) is 39.8 Å². The molecule has 3 rings (SSSR count). The number of nitrogens with zero attached hydrogens (tertiary/aromatic N) is 2. The summed E-state index contributed by atoms with van der Waals surface area (Å²) in [5.41, 5.74) is 1.92. The Morgan fingerprint density at radius 3 is 2.48 bits per heavy atom. The van der Waals surface area contributed by atoms with Crippen LogP contribution in [0.25, 0.3) is 0 Å². The van der Waals surface area contributed by atoms with E-state index in [1.165, 1.54) is 4.90 Å². The van der Waals surface area contributed by atoms with Gasteiger partial charge < -0.3 is 18.9 Å². The molecule has 168 valence electrons. The molecule has 1 aromatic heterocycles. The first-order chi connectivity index (χ1) is 14.7. The molecular weight excluding hydrogens is 424 g/mol. The third kappa shape index (κ3) is 5.63. The highest BCUT2D eigenvalue weighted by Gasteiger charge is 2.34. The molecule has 31 heavy (non-hydrogen) atoms. The van der Waals surface area contributed by atoms with Gasteiger partial charge in [-0.3, -0.25) is 4.79 Å². The van der Waals surface area contributed by atoms with Crippen LogP contribution in [0.15, 0.2) is 28.8 Å². The molecule has 1 unspecified atom stereocenters. The highest BCUT2D eigenvalue weighted by atomic mass is 32.2. The summed E-state index contributed by atoms with van der Waals surface area (Å²) in [5, 5.41) is 3.87. The Bertz CT molecular complexity index is 1020. The van der Waals surface area contributed by atoms with Crippen molar-refractivity contribution in [1.82, 2.24) is 10.1 Å². The fraction of sp³-hybridized carbons (Fsp3) is 0.476. The summed E-state index contributed by atoms with van der Waals surface area (Å²) in [6, 6.07) is 6.01. The van der Waals surface area contributed by atoms with Crippen molar-refractivity contribution in [1.29, 1.82) is 0 Å². The molecule has 1 aliphatic rings. The molecular formula is C21H26N2O7S. The van der Waals surface area contributed by atoms with Crippen LogP contribution in [0.2, 0.25) is 0 Å². The van der Waals surface area contributed by atoms with Gasteiger partial charge in [0.15, 0.2) is 16.4 Å². The number of ether oxygens (including phenoxy) is 2. The molecule has 1 saturated heterocycles. The molecule has 10 heteroatoms. The fourth-order valence-corrected chi connectivity index (χ4v) is 5.23. The van der Waals surface area contributed by atoms with Gasteiger partial charge in [0.25, 0.3) is 5.91 Å². The van der Waals surface area contributed by atoms with E-state index in [4.69, 9.17) is 14.0 Å². The SMILES string of the molecule is CCN(C(=O)COC(=O)c1ccc(OCc2c(C)noc2C)cc1)C1CCS(=O)(=O)C1. The first kappa shape index (κ1) is 22.8. The van der Waals surface area contributed by atoms with Gasteiger partial charge in [-0.2, -0.15) is 0 Å². The van der Waals surface area contributed by atoms with Gasteiger partial charge in [-0.05, 0) is 51.5 Å². The summed E-state index contributed by atoms with van der Waals surface area (Å²) >= 11 is 0. The van der Waals surface area contributed by atoms with Gasteiger partial charge in [0.05, 0.1) is 28.3 Å².